The molecule has 0 bridgehead atoms. The van der Waals surface area contributed by atoms with Crippen molar-refractivity contribution in [2.75, 3.05) is 0 Å². The molecule has 2 N–H and O–H groups in total. The van der Waals surface area contributed by atoms with Crippen molar-refractivity contribution in [2.24, 2.45) is 11.7 Å². The molecular weight excluding hydrogens is 195 g/mol. The van der Waals surface area contributed by atoms with E-state index in [2.05, 4.69) is 4.42 Å². The van der Waals surface area contributed by atoms with E-state index in [0.29, 0.717) is 0 Å². The molecule has 0 aromatic carbocycles. The van der Waals surface area contributed by atoms with Crippen LogP contribution in [-0.4, -0.2) is 0 Å². The van der Waals surface area contributed by atoms with Crippen LogP contribution >= 0.6 is 0 Å². The lowest BCUT2D eigenvalue weighted by Crippen LogP contribution is -2.17. The molecule has 0 spiro atoms. The van der Waals surface area contributed by atoms with Crippen molar-refractivity contribution in [3.05, 3.63) is 23.7 Å². The third kappa shape index (κ3) is 1.64. The summed E-state index contributed by atoms with van der Waals surface area (Å²) < 4.78 is 41.6. The quantitative estimate of drug-likeness (QED) is 0.806. The maximum Gasteiger partial charge on any atom is 0.449 e. The maximum atomic E-state index is 12.4. The molecule has 1 aromatic heterocycles. The van der Waals surface area contributed by atoms with Crippen LogP contribution in [0.5, 0.6) is 0 Å². The van der Waals surface area contributed by atoms with Gasteiger partial charge in [-0.2, -0.15) is 13.2 Å². The minimum Gasteiger partial charge on any atom is -0.459 e. The van der Waals surface area contributed by atoms with Gasteiger partial charge < -0.3 is 10.2 Å². The van der Waals surface area contributed by atoms with Crippen molar-refractivity contribution in [2.45, 2.75) is 25.1 Å². The van der Waals surface area contributed by atoms with Crippen LogP contribution in [0.3, 0.4) is 0 Å². The predicted octanol–water partition coefficient (Wildman–Crippen LogP) is 2.71. The van der Waals surface area contributed by atoms with E-state index < -0.39 is 18.0 Å². The summed E-state index contributed by atoms with van der Waals surface area (Å²) in [6, 6.07) is 0.775. The third-order valence-electron chi connectivity index (χ3n) is 2.44. The second kappa shape index (κ2) is 3.02. The Morgan fingerprint density at radius 1 is 1.43 bits per heavy atom. The smallest absolute Gasteiger partial charge is 0.449 e. The fourth-order valence-corrected chi connectivity index (χ4v) is 1.52. The highest BCUT2D eigenvalue weighted by molar-refractivity contribution is 5.25. The summed E-state index contributed by atoms with van der Waals surface area (Å²) in [6.45, 7) is 0. The number of hydrogen-bond acceptors (Lipinski definition) is 2. The van der Waals surface area contributed by atoms with Crippen molar-refractivity contribution < 1.29 is 17.6 Å². The number of alkyl halides is 3. The maximum absolute atomic E-state index is 12.4. The van der Waals surface area contributed by atoms with E-state index in [4.69, 9.17) is 5.73 Å². The fourth-order valence-electron chi connectivity index (χ4n) is 1.52. The van der Waals surface area contributed by atoms with Gasteiger partial charge in [0.05, 0.1) is 6.26 Å². The highest BCUT2D eigenvalue weighted by Crippen LogP contribution is 2.43. The molecule has 78 valence electrons. The summed E-state index contributed by atoms with van der Waals surface area (Å²) in [5.74, 6) is -0.759. The standard InChI is InChI=1S/C9H10F3NO/c10-9(11,12)8-6(3-4-14-8)7(13)5-1-2-5/h3-5,7H,1-2,13H2. The molecule has 1 heterocycles. The summed E-state index contributed by atoms with van der Waals surface area (Å²) in [6.07, 6.45) is -1.58. The summed E-state index contributed by atoms with van der Waals surface area (Å²) in [4.78, 5) is 0. The van der Waals surface area contributed by atoms with Crippen molar-refractivity contribution in [1.82, 2.24) is 0 Å². The number of hydrogen-bond donors (Lipinski definition) is 1. The lowest BCUT2D eigenvalue weighted by atomic mass is 10.0. The van der Waals surface area contributed by atoms with Gasteiger partial charge in [0.15, 0.2) is 0 Å². The van der Waals surface area contributed by atoms with Crippen LogP contribution in [0.1, 0.15) is 30.2 Å². The van der Waals surface area contributed by atoms with Gasteiger partial charge in [0.1, 0.15) is 0 Å². The van der Waals surface area contributed by atoms with Crippen molar-refractivity contribution in [3.8, 4) is 0 Å². The first-order valence-corrected chi connectivity index (χ1v) is 4.40. The summed E-state index contributed by atoms with van der Waals surface area (Å²) in [5.41, 5.74) is 5.77. The fraction of sp³-hybridized carbons (Fsp3) is 0.556. The van der Waals surface area contributed by atoms with Gasteiger partial charge >= 0.3 is 6.18 Å². The second-order valence-electron chi connectivity index (χ2n) is 3.57. The molecule has 1 atom stereocenters. The zero-order chi connectivity index (χ0) is 10.3. The van der Waals surface area contributed by atoms with Gasteiger partial charge in [-0.25, -0.2) is 0 Å². The molecule has 0 aliphatic heterocycles. The molecule has 0 radical (unpaired) electrons. The highest BCUT2D eigenvalue weighted by Gasteiger charge is 2.41. The first-order chi connectivity index (χ1) is 6.50. The predicted molar refractivity (Wildman–Crippen MR) is 43.4 cm³/mol. The van der Waals surface area contributed by atoms with E-state index in [1.54, 1.807) is 0 Å². The van der Waals surface area contributed by atoms with E-state index in [-0.39, 0.29) is 11.5 Å². The Morgan fingerprint density at radius 2 is 2.07 bits per heavy atom. The Balaban J connectivity index is 2.28. The molecule has 0 saturated heterocycles. The van der Waals surface area contributed by atoms with Crippen molar-refractivity contribution >= 4 is 0 Å². The van der Waals surface area contributed by atoms with Gasteiger partial charge in [-0.15, -0.1) is 0 Å². The van der Waals surface area contributed by atoms with Gasteiger partial charge in [-0.1, -0.05) is 0 Å². The average molecular weight is 205 g/mol. The molecular formula is C9H10F3NO. The Hall–Kier alpha value is -0.970. The first kappa shape index (κ1) is 9.58. The minimum atomic E-state index is -4.44. The Labute approximate surface area is 78.9 Å². The normalized spacial score (nSPS) is 19.7. The van der Waals surface area contributed by atoms with Gasteiger partial charge in [0.25, 0.3) is 0 Å². The second-order valence-corrected chi connectivity index (χ2v) is 3.57. The molecule has 0 amide bonds. The minimum absolute atomic E-state index is 0.0833. The van der Waals surface area contributed by atoms with Crippen LogP contribution in [0, 0.1) is 5.92 Å². The Kier molecular flexibility index (Phi) is 2.06. The molecule has 1 aromatic rings. The number of furan rings is 1. The zero-order valence-corrected chi connectivity index (χ0v) is 7.34. The van der Waals surface area contributed by atoms with Crippen LogP contribution in [0.15, 0.2) is 16.7 Å². The Bertz CT molecular complexity index is 327. The van der Waals surface area contributed by atoms with E-state index in [0.717, 1.165) is 19.1 Å². The summed E-state index contributed by atoms with van der Waals surface area (Å²) in [7, 11) is 0. The molecule has 1 aliphatic carbocycles. The SMILES string of the molecule is NC(c1ccoc1C(F)(F)F)C1CC1. The summed E-state index contributed by atoms with van der Waals surface area (Å²) >= 11 is 0. The van der Waals surface area contributed by atoms with Crippen LogP contribution in [-0.2, 0) is 6.18 Å². The first-order valence-electron chi connectivity index (χ1n) is 4.40. The van der Waals surface area contributed by atoms with Gasteiger partial charge in [0, 0.05) is 11.6 Å². The molecule has 14 heavy (non-hydrogen) atoms. The monoisotopic (exact) mass is 205 g/mol. The van der Waals surface area contributed by atoms with Crippen LogP contribution in [0.2, 0.25) is 0 Å². The van der Waals surface area contributed by atoms with Crippen molar-refractivity contribution in [3.63, 3.8) is 0 Å². The summed E-state index contributed by atoms with van der Waals surface area (Å²) in [5, 5.41) is 0. The van der Waals surface area contributed by atoms with E-state index in [1.165, 1.54) is 6.07 Å². The van der Waals surface area contributed by atoms with Gasteiger partial charge in [-0.05, 0) is 24.8 Å². The average Bonchev–Trinajstić information content (AvgIpc) is 2.78. The van der Waals surface area contributed by atoms with Gasteiger partial charge in [-0.3, -0.25) is 0 Å². The lowest BCUT2D eigenvalue weighted by molar-refractivity contribution is -0.153. The largest absolute Gasteiger partial charge is 0.459 e. The third-order valence-corrected chi connectivity index (χ3v) is 2.44. The molecule has 1 saturated carbocycles. The van der Waals surface area contributed by atoms with Crippen LogP contribution in [0.4, 0.5) is 13.2 Å². The highest BCUT2D eigenvalue weighted by atomic mass is 19.4. The molecule has 5 heteroatoms. The van der Waals surface area contributed by atoms with Gasteiger partial charge in [0.2, 0.25) is 5.76 Å². The zero-order valence-electron chi connectivity index (χ0n) is 7.34. The molecule has 1 aliphatic rings. The number of rotatable bonds is 2. The topological polar surface area (TPSA) is 39.2 Å². The van der Waals surface area contributed by atoms with E-state index >= 15 is 0 Å². The number of halogens is 3. The van der Waals surface area contributed by atoms with Crippen LogP contribution < -0.4 is 5.73 Å². The molecule has 2 nitrogen and oxygen atoms in total. The lowest BCUT2D eigenvalue weighted by Gasteiger charge is -2.11. The van der Waals surface area contributed by atoms with E-state index in [9.17, 15) is 13.2 Å². The molecule has 2 rings (SSSR count). The Morgan fingerprint density at radius 3 is 2.57 bits per heavy atom. The van der Waals surface area contributed by atoms with Crippen LogP contribution in [0.25, 0.3) is 0 Å². The molecule has 1 unspecified atom stereocenters. The van der Waals surface area contributed by atoms with E-state index in [1.807, 2.05) is 0 Å². The molecule has 1 fully saturated rings. The van der Waals surface area contributed by atoms with Crippen molar-refractivity contribution in [1.29, 1.82) is 0 Å². The number of nitrogens with two attached hydrogens (primary N) is 1.